The van der Waals surface area contributed by atoms with Crippen molar-refractivity contribution in [3.63, 3.8) is 0 Å². The summed E-state index contributed by atoms with van der Waals surface area (Å²) in [7, 11) is 0. The zero-order valence-electron chi connectivity index (χ0n) is 6.13. The van der Waals surface area contributed by atoms with Crippen LogP contribution in [-0.4, -0.2) is 14.3 Å². The molecule has 1 atom stereocenters. The van der Waals surface area contributed by atoms with Crippen molar-refractivity contribution in [1.29, 1.82) is 0 Å². The maximum Gasteiger partial charge on any atom is 0.166 e. The molecule has 0 aromatic carbocycles. The molecule has 2 rings (SSSR count). The Balaban J connectivity index is 2.82. The van der Waals surface area contributed by atoms with Gasteiger partial charge in [0.25, 0.3) is 0 Å². The molecule has 13 heavy (non-hydrogen) atoms. The van der Waals surface area contributed by atoms with Gasteiger partial charge in [-0.3, -0.25) is 4.34 Å². The Labute approximate surface area is 99.2 Å². The molecule has 2 aromatic heterocycles. The fourth-order valence-corrected chi connectivity index (χ4v) is 2.86. The fraction of sp³-hybridized carbons (Fsp3) is 0. The lowest BCUT2D eigenvalue weighted by Gasteiger charge is -1.97. The normalized spacial score (nSPS) is 11.9. The summed E-state index contributed by atoms with van der Waals surface area (Å²) in [4.78, 5) is 8.29. The first-order chi connectivity index (χ1) is 6.22. The van der Waals surface area contributed by atoms with E-state index < -0.39 is 0 Å². The molecule has 0 aliphatic carbocycles. The van der Waals surface area contributed by atoms with Crippen molar-refractivity contribution in [1.82, 2.24) is 14.3 Å². The summed E-state index contributed by atoms with van der Waals surface area (Å²) in [5.74, 6) is 0. The molecule has 0 spiro atoms. The van der Waals surface area contributed by atoms with Crippen molar-refractivity contribution in [2.75, 3.05) is 0 Å². The second-order valence-corrected chi connectivity index (χ2v) is 5.19. The van der Waals surface area contributed by atoms with Gasteiger partial charge in [0.1, 0.15) is 17.0 Å². The first-order valence-corrected chi connectivity index (χ1v) is 8.10. The number of hydrogen-bond donors (Lipinski definition) is 0. The van der Waals surface area contributed by atoms with E-state index in [4.69, 9.17) is 23.2 Å². The zero-order chi connectivity index (χ0) is 9.42. The van der Waals surface area contributed by atoms with E-state index in [2.05, 4.69) is 32.0 Å². The Hall–Kier alpha value is 0.360. The van der Waals surface area contributed by atoms with Crippen LogP contribution in [0.1, 0.15) is 0 Å². The third kappa shape index (κ3) is 1.77. The van der Waals surface area contributed by atoms with Crippen LogP contribution in [0, 0.1) is 0 Å². The summed E-state index contributed by atoms with van der Waals surface area (Å²) in [6.45, 7) is 0. The van der Waals surface area contributed by atoms with E-state index in [0.29, 0.717) is 22.1 Å². The van der Waals surface area contributed by atoms with E-state index in [-0.39, 0.29) is 0 Å². The Morgan fingerprint density at radius 1 is 1.46 bits per heavy atom. The average molecular weight is 346 g/mol. The smallest absolute Gasteiger partial charge is 0.166 e. The predicted octanol–water partition coefficient (Wildman–Crippen LogP) is 3.53. The molecule has 0 radical (unpaired) electrons. The van der Waals surface area contributed by atoms with Crippen LogP contribution in [0.5, 0.6) is 0 Å². The second kappa shape index (κ2) is 3.85. The van der Waals surface area contributed by atoms with Crippen molar-refractivity contribution in [2.45, 2.75) is 0 Å². The maximum absolute atomic E-state index is 5.93. The Kier molecular flexibility index (Phi) is 2.93. The van der Waals surface area contributed by atoms with Gasteiger partial charge in [0.05, 0.1) is 11.4 Å². The molecule has 2 aromatic rings. The van der Waals surface area contributed by atoms with Gasteiger partial charge in [-0.05, 0) is 28.1 Å². The van der Waals surface area contributed by atoms with E-state index in [1.807, 2.05) is 4.34 Å². The molecule has 3 nitrogen and oxygen atoms in total. The highest BCUT2D eigenvalue weighted by Gasteiger charge is 2.08. The van der Waals surface area contributed by atoms with Gasteiger partial charge in [0, 0.05) is 0 Å². The molecule has 0 amide bonds. The lowest BCUT2D eigenvalue weighted by Crippen LogP contribution is -1.83. The second-order valence-electron chi connectivity index (χ2n) is 2.30. The van der Waals surface area contributed by atoms with Crippen molar-refractivity contribution in [3.8, 4) is 0 Å². The summed E-state index contributed by atoms with van der Waals surface area (Å²) in [5.41, 5.74) is 1.44. The van der Waals surface area contributed by atoms with Crippen molar-refractivity contribution < 1.29 is 0 Å². The van der Waals surface area contributed by atoms with Gasteiger partial charge in [-0.15, -0.1) is 0 Å². The highest BCUT2D eigenvalue weighted by atomic mass is 127. The van der Waals surface area contributed by atoms with Crippen LogP contribution in [0.2, 0.25) is 10.2 Å². The SMILES string of the molecule is Clc1cc(Cl)c2ncn(PI)c2n1. The topological polar surface area (TPSA) is 30.7 Å². The number of hydrogen-bond acceptors (Lipinski definition) is 2. The van der Waals surface area contributed by atoms with E-state index in [9.17, 15) is 0 Å². The molecule has 2 heterocycles. The van der Waals surface area contributed by atoms with Gasteiger partial charge in [-0.1, -0.05) is 23.2 Å². The third-order valence-electron chi connectivity index (χ3n) is 1.52. The molecular formula is C6H3Cl2IN3P. The van der Waals surface area contributed by atoms with Crippen LogP contribution in [0.3, 0.4) is 0 Å². The van der Waals surface area contributed by atoms with Crippen LogP contribution in [0.15, 0.2) is 12.4 Å². The van der Waals surface area contributed by atoms with Gasteiger partial charge in [0.2, 0.25) is 0 Å². The monoisotopic (exact) mass is 345 g/mol. The number of aromatic nitrogens is 3. The van der Waals surface area contributed by atoms with Crippen molar-refractivity contribution in [2.24, 2.45) is 0 Å². The van der Waals surface area contributed by atoms with Crippen LogP contribution in [0.25, 0.3) is 11.2 Å². The number of nitrogens with zero attached hydrogens (tertiary/aromatic N) is 3. The minimum Gasteiger partial charge on any atom is -0.287 e. The first-order valence-electron chi connectivity index (χ1n) is 3.28. The molecule has 0 fully saturated rings. The number of rotatable bonds is 1. The van der Waals surface area contributed by atoms with Crippen molar-refractivity contribution >= 4 is 62.8 Å². The number of imidazole rings is 1. The van der Waals surface area contributed by atoms with Crippen LogP contribution in [-0.2, 0) is 0 Å². The standard InChI is InChI=1S/C6H3Cl2IN3P/c7-3-1-4(8)11-6-5(3)10-2-12(6)13-9/h1-2,13H. The van der Waals surface area contributed by atoms with Crippen LogP contribution >= 0.6 is 51.6 Å². The quantitative estimate of drug-likeness (QED) is 0.449. The molecule has 7 heteroatoms. The Morgan fingerprint density at radius 2 is 2.23 bits per heavy atom. The fourth-order valence-electron chi connectivity index (χ4n) is 0.985. The van der Waals surface area contributed by atoms with Gasteiger partial charge in [-0.2, -0.15) is 0 Å². The Bertz CT molecular complexity index is 458. The largest absolute Gasteiger partial charge is 0.287 e. The maximum atomic E-state index is 5.93. The van der Waals surface area contributed by atoms with Gasteiger partial charge < -0.3 is 0 Å². The predicted molar refractivity (Wildman–Crippen MR) is 65.3 cm³/mol. The molecule has 0 aliphatic rings. The summed E-state index contributed by atoms with van der Waals surface area (Å²) in [6, 6.07) is 1.60. The van der Waals surface area contributed by atoms with E-state index in [1.54, 1.807) is 12.4 Å². The molecule has 0 saturated carbocycles. The third-order valence-corrected chi connectivity index (χ3v) is 4.07. The highest BCUT2D eigenvalue weighted by Crippen LogP contribution is 2.31. The van der Waals surface area contributed by atoms with Gasteiger partial charge in [0.15, 0.2) is 5.65 Å². The van der Waals surface area contributed by atoms with Crippen molar-refractivity contribution in [3.05, 3.63) is 22.6 Å². The lowest BCUT2D eigenvalue weighted by atomic mass is 10.4. The van der Waals surface area contributed by atoms with E-state index in [0.717, 1.165) is 5.65 Å². The summed E-state index contributed by atoms with van der Waals surface area (Å²) >= 11 is 14.0. The molecule has 0 saturated heterocycles. The molecule has 0 bridgehead atoms. The van der Waals surface area contributed by atoms with Crippen LogP contribution < -0.4 is 0 Å². The first kappa shape index (κ1) is 9.90. The van der Waals surface area contributed by atoms with Gasteiger partial charge in [-0.25, -0.2) is 9.97 Å². The molecule has 0 aliphatic heterocycles. The van der Waals surface area contributed by atoms with Crippen LogP contribution in [0.4, 0.5) is 0 Å². The summed E-state index contributed by atoms with van der Waals surface area (Å²) < 4.78 is 1.91. The highest BCUT2D eigenvalue weighted by molar-refractivity contribution is 14.2. The minimum atomic E-state index is 0.397. The van der Waals surface area contributed by atoms with Gasteiger partial charge >= 0.3 is 0 Å². The minimum absolute atomic E-state index is 0.397. The summed E-state index contributed by atoms with van der Waals surface area (Å²) in [5, 5.41) is 0.942. The average Bonchev–Trinajstić information content (AvgIpc) is 2.47. The molecular weight excluding hydrogens is 343 g/mol. The van der Waals surface area contributed by atoms with E-state index >= 15 is 0 Å². The lowest BCUT2D eigenvalue weighted by molar-refractivity contribution is 1.23. The number of pyridine rings is 1. The summed E-state index contributed by atoms with van der Waals surface area (Å²) in [6.07, 6.45) is 2.26. The number of halogens is 3. The molecule has 1 unspecified atom stereocenters. The molecule has 0 N–H and O–H groups in total. The molecule has 68 valence electrons. The Morgan fingerprint density at radius 3 is 2.92 bits per heavy atom. The number of fused-ring (bicyclic) bond motifs is 1. The zero-order valence-corrected chi connectivity index (χ0v) is 10.8. The van der Waals surface area contributed by atoms with E-state index in [1.165, 1.54) is 0 Å².